The summed E-state index contributed by atoms with van der Waals surface area (Å²) in [6.07, 6.45) is 9.63. The van der Waals surface area contributed by atoms with Crippen LogP contribution in [-0.2, 0) is 95.9 Å². The van der Waals surface area contributed by atoms with Crippen molar-refractivity contribution in [2.75, 3.05) is 58.0 Å². The molecule has 11 fully saturated rings. The molecule has 7 aliphatic heterocycles. The number of carbonyl (C=O) groups excluding carboxylic acids is 15. The minimum absolute atomic E-state index is 0.0969. The van der Waals surface area contributed by atoms with Gasteiger partial charge in [-0.05, 0) is 200 Å². The summed E-state index contributed by atoms with van der Waals surface area (Å²) in [5.41, 5.74) is 2.31. The van der Waals surface area contributed by atoms with Gasteiger partial charge in [0, 0.05) is 80.4 Å². The molecule has 3 aromatic carbocycles. The lowest BCUT2D eigenvalue weighted by Gasteiger charge is -2.43. The van der Waals surface area contributed by atoms with Gasteiger partial charge in [-0.1, -0.05) is 98.7 Å². The van der Waals surface area contributed by atoms with E-state index in [-0.39, 0.29) is 175 Å². The summed E-state index contributed by atoms with van der Waals surface area (Å²) < 4.78 is 10.3. The smallest absolute Gasteiger partial charge is 0.329 e. The molecular weight excluding hydrogens is 1590 g/mol. The predicted octanol–water partition coefficient (Wildman–Crippen LogP) is 4.68. The van der Waals surface area contributed by atoms with Gasteiger partial charge in [0.25, 0.3) is 11.8 Å². The number of Topliss-reactive ketones (excluding diaryl/α,β-unsaturated/α-hetero) is 1. The molecule has 32 heteroatoms. The maximum Gasteiger partial charge on any atom is 0.329 e. The third-order valence-electron chi connectivity index (χ3n) is 26.6. The second kappa shape index (κ2) is 40.4. The molecular formula is C92H131N15O17. The Morgan fingerprint density at radius 3 is 1.16 bits per heavy atom. The first-order chi connectivity index (χ1) is 58.6. The Morgan fingerprint density at radius 1 is 0.435 bits per heavy atom. The van der Waals surface area contributed by atoms with E-state index in [1.807, 2.05) is 95.2 Å². The van der Waals surface area contributed by atoms with E-state index in [0.29, 0.717) is 79.3 Å². The number of nitrogens with zero attached hydrogens (tertiary/aromatic N) is 4. The summed E-state index contributed by atoms with van der Waals surface area (Å²) in [6, 6.07) is 16.5. The minimum Gasteiger partial charge on any atom is -0.459 e. The number of carbonyl (C=O) groups is 15. The van der Waals surface area contributed by atoms with E-state index < -0.39 is 64.6 Å². The molecule has 7 saturated heterocycles. The molecule has 0 radical (unpaired) electrons. The quantitative estimate of drug-likeness (QED) is 0.0486. The van der Waals surface area contributed by atoms with Crippen molar-refractivity contribution in [3.05, 3.63) is 95.1 Å². The van der Waals surface area contributed by atoms with Crippen molar-refractivity contribution in [1.82, 2.24) is 67.5 Å². The van der Waals surface area contributed by atoms with E-state index in [2.05, 4.69) is 58.5 Å². The van der Waals surface area contributed by atoms with Crippen LogP contribution in [0.4, 0.5) is 11.4 Å². The number of likely N-dealkylation sites (tertiary alicyclic amines) is 3. The molecule has 11 N–H and O–H groups in total. The summed E-state index contributed by atoms with van der Waals surface area (Å²) in [4.78, 5) is 199. The highest BCUT2D eigenvalue weighted by atomic mass is 16.6. The van der Waals surface area contributed by atoms with Crippen LogP contribution in [0.2, 0.25) is 0 Å². The van der Waals surface area contributed by atoms with Crippen LogP contribution in [-0.4, -0.2) is 246 Å². The number of fused-ring (bicyclic) bond motifs is 6. The predicted molar refractivity (Wildman–Crippen MR) is 463 cm³/mol. The van der Waals surface area contributed by atoms with Crippen molar-refractivity contribution in [3.8, 4) is 0 Å². The average molecular weight is 1720 g/mol. The summed E-state index contributed by atoms with van der Waals surface area (Å²) >= 11 is 0. The van der Waals surface area contributed by atoms with Crippen molar-refractivity contribution in [1.29, 1.82) is 0 Å². The number of cyclic esters (lactones) is 1. The Bertz CT molecular complexity index is 4490. The Balaban J connectivity index is 0.000000181. The topological polar surface area (TPSA) is 420 Å². The number of piperidine rings is 1. The number of hydrogen-bond donors (Lipinski definition) is 11. The van der Waals surface area contributed by atoms with Crippen LogP contribution in [0.25, 0.3) is 0 Å². The van der Waals surface area contributed by atoms with Crippen LogP contribution < -0.4 is 58.5 Å². The first kappa shape index (κ1) is 94.5. The Hall–Kier alpha value is -10.2. The number of amides is 12. The fourth-order valence-electron chi connectivity index (χ4n) is 19.2. The second-order valence-electron chi connectivity index (χ2n) is 38.8. The van der Waals surface area contributed by atoms with E-state index in [1.165, 1.54) is 0 Å². The first-order valence-corrected chi connectivity index (χ1v) is 44.4. The molecule has 0 aromatic heterocycles. The number of ketones is 1. The number of morpholine rings is 1. The van der Waals surface area contributed by atoms with Crippen LogP contribution in [0, 0.1) is 39.9 Å². The van der Waals surface area contributed by atoms with Gasteiger partial charge in [0.15, 0.2) is 6.10 Å². The maximum absolute atomic E-state index is 13.9. The number of rotatable bonds is 26. The summed E-state index contributed by atoms with van der Waals surface area (Å²) in [5.74, 6) is -2.22. The summed E-state index contributed by atoms with van der Waals surface area (Å²) in [7, 11) is 5.12. The van der Waals surface area contributed by atoms with E-state index in [1.54, 1.807) is 101 Å². The van der Waals surface area contributed by atoms with Gasteiger partial charge in [-0.15, -0.1) is 0 Å². The van der Waals surface area contributed by atoms with E-state index in [4.69, 9.17) is 9.47 Å². The number of ether oxygens (including phenoxy) is 2. The molecule has 4 saturated carbocycles. The van der Waals surface area contributed by atoms with Crippen molar-refractivity contribution < 1.29 is 81.4 Å². The minimum atomic E-state index is -0.792. The normalized spacial score (nSPS) is 25.7. The van der Waals surface area contributed by atoms with E-state index in [0.717, 1.165) is 75.3 Å². The number of nitrogens with one attached hydrogen (secondary N) is 11. The van der Waals surface area contributed by atoms with Gasteiger partial charge in [-0.25, -0.2) is 4.79 Å². The Morgan fingerprint density at radius 2 is 0.815 bits per heavy atom. The lowest BCUT2D eigenvalue weighted by atomic mass is 9.83. The standard InChI is InChI=1S/C32H45N5O6.C30H43N5O6.C30H43N5O5/c1-18(33-5)28(39)35-27(32(2,3)4)30(41)36-14-13-20-9-11-23(26(20)36)34-25(38)16-19-7-6-8-21(15-19)29(40)37-17-22-10-12-24(37)31(42)43-22;1-17(31-5)27(38)34-26(30(2,3)4)29(40)35-14-13-19-9-10-21(25(19)35)33-23(36)16-18-7-6-8-20(15-18)32-28(39)22-11-12-24(37)41-22;1-17(31-5)27(38)34-26(30(2,3)4)29(40)35-12-11-19-9-10-23(25(19)35)33-24(37)14-18-7-6-8-21(13-18)32-28(39)20-15-22(36)16-20/h6-8,15,18,20,22-24,26-27,33H,9-14,16-17H2,1-5H3,(H,34,38)(H,35,39);6-8,15,17,19,21-22,25-26,31H,9-14,16H2,1-5H3,(H,32,39)(H,33,36)(H,34,38);6-8,13,17,19-20,23,25-26,31H,9-12,14-16H2,1-5H3,(H,32,39)(H,33,37)(H,34,38)/t18-,20+,22?,23-,24?,26-,27+;17-,19+,21-,22?,25-,26+;17-,19+,23-,25-,26+/m000/s1. The van der Waals surface area contributed by atoms with Crippen molar-refractivity contribution in [2.45, 2.75) is 289 Å². The SMILES string of the molecule is CN[C@@H](C)C(=O)N[C@H](C(=O)N1CC[C@H]2CC[C@H](NC(=O)Cc3cccc(C(=O)N4CC5CCC4C(=O)O5)c3)[C@H]21)C(C)(C)C.CN[C@@H](C)C(=O)N[C@H](C(=O)N1CC[C@H]2CC[C@H](NC(=O)Cc3cccc(NC(=O)C4CC(=O)C4)c3)[C@H]21)C(C)(C)C.CN[C@@H](C)C(=O)N[C@H](C(=O)N1CC[C@H]2CC[C@H](NC(=O)Cc3cccc(NC(=O)C4CCC(=O)O4)c3)[C@H]21)C(C)(C)C. The van der Waals surface area contributed by atoms with Crippen molar-refractivity contribution in [3.63, 3.8) is 0 Å². The van der Waals surface area contributed by atoms with Crippen molar-refractivity contribution >= 4 is 100.0 Å². The highest BCUT2D eigenvalue weighted by molar-refractivity contribution is 6.03. The van der Waals surface area contributed by atoms with Crippen LogP contribution in [0.15, 0.2) is 72.8 Å². The number of benzene rings is 3. The fourth-order valence-corrected chi connectivity index (χ4v) is 19.2. The number of anilines is 2. The molecule has 7 heterocycles. The summed E-state index contributed by atoms with van der Waals surface area (Å²) in [6.45, 7) is 25.0. The molecule has 3 unspecified atom stereocenters. The van der Waals surface area contributed by atoms with Gasteiger partial charge in [-0.2, -0.15) is 0 Å². The molecule has 3 aromatic rings. The zero-order chi connectivity index (χ0) is 90.1. The zero-order valence-corrected chi connectivity index (χ0v) is 74.7. The molecule has 676 valence electrons. The monoisotopic (exact) mass is 1720 g/mol. The maximum atomic E-state index is 13.9. The highest BCUT2D eigenvalue weighted by Crippen LogP contribution is 2.43. The molecule has 14 rings (SSSR count). The molecule has 124 heavy (non-hydrogen) atoms. The first-order valence-electron chi connectivity index (χ1n) is 44.4. The van der Waals surface area contributed by atoms with Gasteiger partial charge in [-0.3, -0.25) is 67.1 Å². The van der Waals surface area contributed by atoms with Crippen LogP contribution >= 0.6 is 0 Å². The Labute approximate surface area is 727 Å². The van der Waals surface area contributed by atoms with Crippen molar-refractivity contribution in [2.24, 2.45) is 39.9 Å². The van der Waals surface area contributed by atoms with Crippen LogP contribution in [0.1, 0.15) is 206 Å². The zero-order valence-electron chi connectivity index (χ0n) is 74.7. The third kappa shape index (κ3) is 23.1. The van der Waals surface area contributed by atoms with Gasteiger partial charge in [0.2, 0.25) is 59.1 Å². The third-order valence-corrected chi connectivity index (χ3v) is 26.6. The van der Waals surface area contributed by atoms with Gasteiger partial charge < -0.3 is 87.6 Å². The van der Waals surface area contributed by atoms with E-state index in [9.17, 15) is 71.9 Å². The fraction of sp³-hybridized carbons (Fsp3) is 0.641. The van der Waals surface area contributed by atoms with Gasteiger partial charge >= 0.3 is 11.9 Å². The molecule has 2 bridgehead atoms. The van der Waals surface area contributed by atoms with Gasteiger partial charge in [0.05, 0.1) is 68.0 Å². The van der Waals surface area contributed by atoms with E-state index >= 15 is 0 Å². The number of esters is 2. The van der Waals surface area contributed by atoms with Crippen LogP contribution in [0.3, 0.4) is 0 Å². The summed E-state index contributed by atoms with van der Waals surface area (Å²) in [5, 5.41) is 32.8. The number of likely N-dealkylation sites (N-methyl/N-ethyl adjacent to an activating group) is 3. The lowest BCUT2D eigenvalue weighted by Crippen LogP contribution is -2.60. The molecule has 4 aliphatic carbocycles. The average Bonchev–Trinajstić information content (AvgIpc) is 1.66. The number of hydrogen-bond acceptors (Lipinski definition) is 20. The molecule has 32 nitrogen and oxygen atoms in total. The molecule has 12 amide bonds. The Kier molecular flexibility index (Phi) is 30.8. The highest BCUT2D eigenvalue weighted by Gasteiger charge is 2.54. The largest absolute Gasteiger partial charge is 0.459 e. The lowest BCUT2D eigenvalue weighted by molar-refractivity contribution is -0.172. The van der Waals surface area contributed by atoms with Crippen LogP contribution in [0.5, 0.6) is 0 Å². The molecule has 0 spiro atoms. The second-order valence-corrected chi connectivity index (χ2v) is 38.8. The van der Waals surface area contributed by atoms with Gasteiger partial charge in [0.1, 0.15) is 36.1 Å². The molecule has 11 aliphatic rings. The molecule has 18 atom stereocenters.